The van der Waals surface area contributed by atoms with Crippen molar-refractivity contribution in [3.63, 3.8) is 0 Å². The largest absolute Gasteiger partial charge is 0.545 e. The van der Waals surface area contributed by atoms with Crippen LogP contribution in [-0.2, 0) is 11.2 Å². The van der Waals surface area contributed by atoms with Gasteiger partial charge in [0.25, 0.3) is 0 Å². The zero-order valence-corrected chi connectivity index (χ0v) is 21.3. The van der Waals surface area contributed by atoms with Gasteiger partial charge in [0.15, 0.2) is 11.6 Å². The van der Waals surface area contributed by atoms with E-state index in [-0.39, 0.29) is 18.6 Å². The van der Waals surface area contributed by atoms with Gasteiger partial charge >= 0.3 is 5.97 Å². The van der Waals surface area contributed by atoms with Crippen molar-refractivity contribution in [1.29, 1.82) is 0 Å². The molecule has 2 aromatic carbocycles. The molecule has 30 heavy (non-hydrogen) atoms. The third-order valence-corrected chi connectivity index (χ3v) is 7.09. The summed E-state index contributed by atoms with van der Waals surface area (Å²) in [6.07, 6.45) is 0.158. The fourth-order valence-electron chi connectivity index (χ4n) is 2.51. The molecular formula is C18H10F4I3O5-. The Hall–Kier alpha value is -0.910. The van der Waals surface area contributed by atoms with E-state index in [1.54, 1.807) is 13.0 Å². The number of carboxylic acid groups (broad SMARTS) is 1. The van der Waals surface area contributed by atoms with Crippen LogP contribution in [0, 0.1) is 39.9 Å². The maximum absolute atomic E-state index is 14.1. The topological polar surface area (TPSA) is 86.7 Å². The number of hydrogen-bond donors (Lipinski definition) is 1. The molecule has 1 atom stereocenters. The van der Waals surface area contributed by atoms with E-state index >= 15 is 0 Å². The monoisotopic (exact) mass is 763 g/mol. The quantitative estimate of drug-likeness (QED) is 0.156. The lowest BCUT2D eigenvalue weighted by atomic mass is 9.97. The number of phenolic OH excluding ortho intramolecular Hbond substituents is 1. The molecule has 0 fully saturated rings. The predicted octanol–water partition coefficient (Wildman–Crippen LogP) is 4.30. The zero-order chi connectivity index (χ0) is 22.9. The summed E-state index contributed by atoms with van der Waals surface area (Å²) in [7, 11) is 0. The molecule has 1 unspecified atom stereocenters. The van der Waals surface area contributed by atoms with Gasteiger partial charge in [-0.2, -0.15) is 8.78 Å². The molecule has 0 aromatic heterocycles. The Labute approximate surface area is 208 Å². The van der Waals surface area contributed by atoms with Crippen molar-refractivity contribution < 1.29 is 42.1 Å². The van der Waals surface area contributed by atoms with Crippen LogP contribution in [0.5, 0.6) is 11.5 Å². The number of carbonyl (C=O) groups excluding carboxylic acids is 2. The second-order valence-corrected chi connectivity index (χ2v) is 9.36. The van der Waals surface area contributed by atoms with Gasteiger partial charge < -0.3 is 19.7 Å². The fraction of sp³-hybridized carbons (Fsp3) is 0.222. The van der Waals surface area contributed by atoms with Gasteiger partial charge in [0.1, 0.15) is 5.75 Å². The molecule has 2 aromatic rings. The lowest BCUT2D eigenvalue weighted by Crippen LogP contribution is -2.28. The normalized spacial score (nSPS) is 12.0. The molecule has 2 rings (SSSR count). The Kier molecular flexibility index (Phi) is 8.57. The number of halogens is 7. The van der Waals surface area contributed by atoms with Crippen LogP contribution in [0.4, 0.5) is 17.6 Å². The van der Waals surface area contributed by atoms with Crippen LogP contribution in [0.3, 0.4) is 0 Å². The fourth-order valence-corrected chi connectivity index (χ4v) is 6.32. The molecule has 0 saturated carbocycles. The van der Waals surface area contributed by atoms with E-state index < -0.39 is 52.4 Å². The van der Waals surface area contributed by atoms with Crippen LogP contribution in [0.2, 0.25) is 0 Å². The number of esters is 1. The van der Waals surface area contributed by atoms with Gasteiger partial charge in [-0.1, -0.05) is 6.92 Å². The van der Waals surface area contributed by atoms with Crippen molar-refractivity contribution in [3.8, 4) is 11.5 Å². The van der Waals surface area contributed by atoms with Crippen LogP contribution >= 0.6 is 67.8 Å². The Morgan fingerprint density at radius 1 is 1.07 bits per heavy atom. The Bertz CT molecular complexity index is 1020. The maximum atomic E-state index is 14.1. The highest BCUT2D eigenvalue weighted by atomic mass is 127. The van der Waals surface area contributed by atoms with Crippen LogP contribution in [0.25, 0.3) is 0 Å². The molecule has 5 nitrogen and oxygen atoms in total. The van der Waals surface area contributed by atoms with Gasteiger partial charge in [0.05, 0.1) is 24.6 Å². The number of phenols is 1. The van der Waals surface area contributed by atoms with Crippen molar-refractivity contribution in [1.82, 2.24) is 0 Å². The van der Waals surface area contributed by atoms with Crippen LogP contribution in [-0.4, -0.2) is 17.0 Å². The summed E-state index contributed by atoms with van der Waals surface area (Å²) in [5.74, 6) is -15.1. The summed E-state index contributed by atoms with van der Waals surface area (Å²) < 4.78 is 62.1. The third-order valence-electron chi connectivity index (χ3n) is 4.15. The van der Waals surface area contributed by atoms with Crippen molar-refractivity contribution in [2.75, 3.05) is 0 Å². The van der Waals surface area contributed by atoms with Crippen molar-refractivity contribution in [2.45, 2.75) is 19.8 Å². The van der Waals surface area contributed by atoms with Gasteiger partial charge in [0.2, 0.25) is 17.4 Å². The number of benzene rings is 2. The second kappa shape index (κ2) is 10.1. The highest BCUT2D eigenvalue weighted by molar-refractivity contribution is 14.1. The molecule has 0 aliphatic heterocycles. The number of carbonyl (C=O) groups is 2. The van der Waals surface area contributed by atoms with Gasteiger partial charge in [-0.05, 0) is 92.2 Å². The highest BCUT2D eigenvalue weighted by Crippen LogP contribution is 2.35. The molecule has 0 bridgehead atoms. The Morgan fingerprint density at radius 3 is 2.07 bits per heavy atom. The summed E-state index contributed by atoms with van der Waals surface area (Å²) in [6.45, 7) is 1.59. The lowest BCUT2D eigenvalue weighted by Gasteiger charge is -2.18. The van der Waals surface area contributed by atoms with Crippen molar-refractivity contribution >= 4 is 79.7 Å². The number of carboxylic acids is 1. The number of aromatic carboxylic acids is 1. The van der Waals surface area contributed by atoms with Gasteiger partial charge in [0, 0.05) is 3.57 Å². The molecular weight excluding hydrogens is 753 g/mol. The SMILES string of the molecule is CCC(Cc1c(I)cc(I)c(O)c1I)C(=O)Oc1c(F)c(F)c(C(=O)[O-])c(F)c1F. The minimum Gasteiger partial charge on any atom is -0.545 e. The summed E-state index contributed by atoms with van der Waals surface area (Å²) in [5, 5.41) is 20.8. The number of aromatic hydroxyl groups is 1. The predicted molar refractivity (Wildman–Crippen MR) is 120 cm³/mol. The average Bonchev–Trinajstić information content (AvgIpc) is 2.68. The van der Waals surface area contributed by atoms with Crippen LogP contribution in [0.1, 0.15) is 29.3 Å². The van der Waals surface area contributed by atoms with Crippen LogP contribution < -0.4 is 9.84 Å². The summed E-state index contributed by atoms with van der Waals surface area (Å²) in [6, 6.07) is 1.68. The lowest BCUT2D eigenvalue weighted by molar-refractivity contribution is -0.255. The zero-order valence-electron chi connectivity index (χ0n) is 14.8. The number of ether oxygens (including phenoxy) is 1. The second-order valence-electron chi connectivity index (χ2n) is 5.96. The average molecular weight is 763 g/mol. The Morgan fingerprint density at radius 2 is 1.60 bits per heavy atom. The molecule has 1 N–H and O–H groups in total. The van der Waals surface area contributed by atoms with Gasteiger partial charge in [-0.3, -0.25) is 4.79 Å². The molecule has 12 heteroatoms. The minimum absolute atomic E-state index is 0.00827. The molecule has 0 saturated heterocycles. The first-order chi connectivity index (χ1) is 13.9. The van der Waals surface area contributed by atoms with E-state index in [0.29, 0.717) is 12.7 Å². The molecule has 162 valence electrons. The van der Waals surface area contributed by atoms with Gasteiger partial charge in [-0.15, -0.1) is 0 Å². The molecule has 0 heterocycles. The van der Waals surface area contributed by atoms with E-state index in [9.17, 15) is 37.4 Å². The van der Waals surface area contributed by atoms with Crippen LogP contribution in [0.15, 0.2) is 6.07 Å². The van der Waals surface area contributed by atoms with E-state index in [0.717, 1.165) is 3.57 Å². The first-order valence-corrected chi connectivity index (χ1v) is 11.3. The molecule has 0 radical (unpaired) electrons. The van der Waals surface area contributed by atoms with Crippen molar-refractivity contribution in [2.24, 2.45) is 5.92 Å². The maximum Gasteiger partial charge on any atom is 0.314 e. The van der Waals surface area contributed by atoms with E-state index in [1.165, 1.54) is 0 Å². The smallest absolute Gasteiger partial charge is 0.314 e. The molecule has 0 aliphatic rings. The Balaban J connectivity index is 2.40. The summed E-state index contributed by atoms with van der Waals surface area (Å²) >= 11 is 5.82. The third kappa shape index (κ3) is 4.94. The first kappa shape index (κ1) is 25.4. The molecule has 0 aliphatic carbocycles. The highest BCUT2D eigenvalue weighted by Gasteiger charge is 2.31. The standard InChI is InChI=1S/C18H11F4I3O5/c1-2-5(3-6-7(23)4-8(24)15(26)14(6)25)18(29)30-16-12(21)10(19)9(17(27)28)11(20)13(16)22/h4-5,26H,2-3H2,1H3,(H,27,28)/p-1. The van der Waals surface area contributed by atoms with E-state index in [1.807, 2.05) is 67.8 Å². The number of hydrogen-bond acceptors (Lipinski definition) is 5. The first-order valence-electron chi connectivity index (χ1n) is 8.06. The minimum atomic E-state index is -2.46. The summed E-state index contributed by atoms with van der Waals surface area (Å²) in [5.41, 5.74) is -1.35. The van der Waals surface area contributed by atoms with E-state index in [2.05, 4.69) is 4.74 Å². The van der Waals surface area contributed by atoms with Gasteiger partial charge in [-0.25, -0.2) is 8.78 Å². The summed E-state index contributed by atoms with van der Waals surface area (Å²) in [4.78, 5) is 23.2. The van der Waals surface area contributed by atoms with E-state index in [4.69, 9.17) is 0 Å². The van der Waals surface area contributed by atoms with Crippen molar-refractivity contribution in [3.05, 3.63) is 51.2 Å². The molecule has 0 amide bonds. The number of rotatable bonds is 6. The molecule has 0 spiro atoms.